The second-order valence-corrected chi connectivity index (χ2v) is 8.43. The number of hydrogen-bond donors (Lipinski definition) is 3. The number of nitrogens with zero attached hydrogens (tertiary/aromatic N) is 1. The number of amides is 3. The van der Waals surface area contributed by atoms with E-state index in [0.29, 0.717) is 19.5 Å². The molecule has 2 aliphatic heterocycles. The molecule has 7 heteroatoms. The van der Waals surface area contributed by atoms with Crippen LogP contribution >= 0.6 is 15.9 Å². The molecule has 29 heavy (non-hydrogen) atoms. The molecule has 3 heterocycles. The van der Waals surface area contributed by atoms with Crippen LogP contribution in [-0.4, -0.2) is 34.9 Å². The first-order chi connectivity index (χ1) is 14.1. The van der Waals surface area contributed by atoms with Gasteiger partial charge in [-0.1, -0.05) is 41.1 Å². The zero-order valence-electron chi connectivity index (χ0n) is 16.0. The number of nitrogens with one attached hydrogen (secondary N) is 3. The van der Waals surface area contributed by atoms with Gasteiger partial charge in [-0.2, -0.15) is 0 Å². The number of para-hydroxylation sites is 1. The Morgan fingerprint density at radius 2 is 2.10 bits per heavy atom. The van der Waals surface area contributed by atoms with Gasteiger partial charge in [-0.15, -0.1) is 0 Å². The van der Waals surface area contributed by atoms with Crippen LogP contribution in [0.1, 0.15) is 30.2 Å². The molecule has 1 aromatic heterocycles. The molecule has 3 amide bonds. The molecule has 0 aliphatic carbocycles. The van der Waals surface area contributed by atoms with Crippen LogP contribution in [0.2, 0.25) is 0 Å². The number of carbonyl (C=O) groups excluding carboxylic acids is 2. The van der Waals surface area contributed by atoms with E-state index in [4.69, 9.17) is 0 Å². The van der Waals surface area contributed by atoms with Crippen LogP contribution in [0, 0.1) is 0 Å². The minimum Gasteiger partial charge on any atom is -0.355 e. The van der Waals surface area contributed by atoms with E-state index in [1.165, 1.54) is 0 Å². The van der Waals surface area contributed by atoms with Gasteiger partial charge in [-0.25, -0.2) is 4.79 Å². The minimum absolute atomic E-state index is 0.204. The molecule has 3 N–H and O–H groups in total. The average Bonchev–Trinajstić information content (AvgIpc) is 3.23. The van der Waals surface area contributed by atoms with Crippen molar-refractivity contribution in [2.24, 2.45) is 0 Å². The number of aromatic nitrogens is 1. The van der Waals surface area contributed by atoms with Crippen LogP contribution in [0.5, 0.6) is 0 Å². The lowest BCUT2D eigenvalue weighted by atomic mass is 9.80. The summed E-state index contributed by atoms with van der Waals surface area (Å²) < 4.78 is 0.865. The van der Waals surface area contributed by atoms with Gasteiger partial charge in [0, 0.05) is 39.7 Å². The van der Waals surface area contributed by atoms with Gasteiger partial charge in [0.2, 0.25) is 0 Å². The van der Waals surface area contributed by atoms with Crippen LogP contribution in [0.3, 0.4) is 0 Å². The zero-order valence-corrected chi connectivity index (χ0v) is 17.6. The number of aromatic amines is 1. The first-order valence-corrected chi connectivity index (χ1v) is 10.6. The number of carbonyl (C=O) groups is 2. The van der Waals surface area contributed by atoms with Crippen LogP contribution in [0.4, 0.5) is 10.5 Å². The Kier molecular flexibility index (Phi) is 4.17. The van der Waals surface area contributed by atoms with Gasteiger partial charge in [0.1, 0.15) is 0 Å². The van der Waals surface area contributed by atoms with Crippen molar-refractivity contribution in [1.29, 1.82) is 0 Å². The second kappa shape index (κ2) is 6.62. The summed E-state index contributed by atoms with van der Waals surface area (Å²) in [6, 6.07) is 13.6. The van der Waals surface area contributed by atoms with Gasteiger partial charge in [0.15, 0.2) is 5.54 Å². The third-order valence-corrected chi connectivity index (χ3v) is 6.38. The molecular formula is C22H21BrN4O2. The molecule has 6 nitrogen and oxygen atoms in total. The number of fused-ring (bicyclic) bond motifs is 6. The van der Waals surface area contributed by atoms with Crippen molar-refractivity contribution in [2.75, 3.05) is 18.4 Å². The van der Waals surface area contributed by atoms with Crippen molar-refractivity contribution in [2.45, 2.75) is 25.3 Å². The van der Waals surface area contributed by atoms with Gasteiger partial charge < -0.3 is 20.5 Å². The summed E-state index contributed by atoms with van der Waals surface area (Å²) in [5.74, 6) is -0.204. The predicted octanol–water partition coefficient (Wildman–Crippen LogP) is 4.10. The number of hydrogen-bond acceptors (Lipinski definition) is 2. The molecule has 0 unspecified atom stereocenters. The van der Waals surface area contributed by atoms with E-state index in [0.717, 1.165) is 44.3 Å². The summed E-state index contributed by atoms with van der Waals surface area (Å²) in [6.07, 6.45) is 1.52. The molecule has 0 radical (unpaired) electrons. The third-order valence-electron chi connectivity index (χ3n) is 5.89. The molecule has 2 aromatic carbocycles. The SMILES string of the molecule is CCCNC(=O)N1CCc2c([nH]c3ccccc23)[C@@]12C(=O)Nc1ccc(Br)cc12. The van der Waals surface area contributed by atoms with Gasteiger partial charge in [0.25, 0.3) is 5.91 Å². The largest absolute Gasteiger partial charge is 0.355 e. The maximum Gasteiger partial charge on any atom is 0.318 e. The lowest BCUT2D eigenvalue weighted by Gasteiger charge is -2.43. The number of anilines is 1. The summed E-state index contributed by atoms with van der Waals surface area (Å²) in [5.41, 5.74) is 3.16. The Labute approximate surface area is 176 Å². The van der Waals surface area contributed by atoms with E-state index in [1.807, 2.05) is 43.3 Å². The number of urea groups is 1. The van der Waals surface area contributed by atoms with Crippen molar-refractivity contribution in [3.05, 3.63) is 63.8 Å². The third kappa shape index (κ3) is 2.46. The summed E-state index contributed by atoms with van der Waals surface area (Å²) in [7, 11) is 0. The number of H-pyrrole nitrogens is 1. The lowest BCUT2D eigenvalue weighted by Crippen LogP contribution is -2.60. The molecule has 0 fully saturated rings. The zero-order chi connectivity index (χ0) is 20.2. The Morgan fingerprint density at radius 3 is 2.93 bits per heavy atom. The highest BCUT2D eigenvalue weighted by Crippen LogP contribution is 2.50. The van der Waals surface area contributed by atoms with Crippen molar-refractivity contribution in [3.8, 4) is 0 Å². The highest BCUT2D eigenvalue weighted by molar-refractivity contribution is 9.10. The van der Waals surface area contributed by atoms with E-state index < -0.39 is 5.54 Å². The van der Waals surface area contributed by atoms with E-state index in [2.05, 4.69) is 37.6 Å². The van der Waals surface area contributed by atoms with Gasteiger partial charge in [-0.05, 0) is 42.7 Å². The molecule has 2 aliphatic rings. The number of halogens is 1. The smallest absolute Gasteiger partial charge is 0.318 e. The van der Waals surface area contributed by atoms with Crippen molar-refractivity contribution >= 4 is 44.5 Å². The average molecular weight is 453 g/mol. The molecule has 0 saturated carbocycles. The number of benzene rings is 2. The maximum atomic E-state index is 13.6. The van der Waals surface area contributed by atoms with Gasteiger partial charge in [0.05, 0.1) is 5.69 Å². The molecular weight excluding hydrogens is 432 g/mol. The van der Waals surface area contributed by atoms with Crippen LogP contribution in [0.25, 0.3) is 10.9 Å². The molecule has 1 spiro atoms. The maximum absolute atomic E-state index is 13.6. The van der Waals surface area contributed by atoms with E-state index >= 15 is 0 Å². The van der Waals surface area contributed by atoms with Crippen LogP contribution in [0.15, 0.2) is 46.9 Å². The minimum atomic E-state index is -1.22. The lowest BCUT2D eigenvalue weighted by molar-refractivity contribution is -0.124. The Balaban J connectivity index is 1.80. The summed E-state index contributed by atoms with van der Waals surface area (Å²) in [6.45, 7) is 3.04. The molecule has 1 atom stereocenters. The molecule has 5 rings (SSSR count). The first kappa shape index (κ1) is 18.2. The first-order valence-electron chi connectivity index (χ1n) is 9.84. The Hall–Kier alpha value is -2.80. The van der Waals surface area contributed by atoms with Gasteiger partial charge >= 0.3 is 6.03 Å². The van der Waals surface area contributed by atoms with Crippen molar-refractivity contribution < 1.29 is 9.59 Å². The Bertz CT molecular complexity index is 1150. The highest BCUT2D eigenvalue weighted by Gasteiger charge is 2.58. The highest BCUT2D eigenvalue weighted by atomic mass is 79.9. The monoisotopic (exact) mass is 452 g/mol. The summed E-state index contributed by atoms with van der Waals surface area (Å²) in [4.78, 5) is 31.9. The quantitative estimate of drug-likeness (QED) is 0.547. The standard InChI is InChI=1S/C22H21BrN4O2/c1-2-10-24-21(29)27-11-9-15-14-5-3-4-6-17(14)25-19(15)22(27)16-12-13(23)7-8-18(16)26-20(22)28/h3-8,12,25H,2,9-11H2,1H3,(H,24,29)(H,26,28)/t22-/m0/s1. The fourth-order valence-corrected chi connectivity index (χ4v) is 5.01. The molecule has 0 bridgehead atoms. The van der Waals surface area contributed by atoms with Crippen LogP contribution in [-0.2, 0) is 16.8 Å². The summed E-state index contributed by atoms with van der Waals surface area (Å²) in [5, 5.41) is 7.08. The topological polar surface area (TPSA) is 77.2 Å². The Morgan fingerprint density at radius 1 is 1.28 bits per heavy atom. The van der Waals surface area contributed by atoms with Crippen molar-refractivity contribution in [1.82, 2.24) is 15.2 Å². The fraction of sp³-hybridized carbons (Fsp3) is 0.273. The van der Waals surface area contributed by atoms with Crippen molar-refractivity contribution in [3.63, 3.8) is 0 Å². The molecule has 0 saturated heterocycles. The van der Waals surface area contributed by atoms with E-state index in [-0.39, 0.29) is 11.9 Å². The van der Waals surface area contributed by atoms with E-state index in [9.17, 15) is 9.59 Å². The van der Waals surface area contributed by atoms with Gasteiger partial charge in [-0.3, -0.25) is 4.79 Å². The second-order valence-electron chi connectivity index (χ2n) is 7.51. The molecule has 148 valence electrons. The summed E-state index contributed by atoms with van der Waals surface area (Å²) >= 11 is 3.54. The van der Waals surface area contributed by atoms with Crippen LogP contribution < -0.4 is 10.6 Å². The number of rotatable bonds is 2. The predicted molar refractivity (Wildman–Crippen MR) is 116 cm³/mol. The molecule has 3 aromatic rings. The van der Waals surface area contributed by atoms with E-state index in [1.54, 1.807) is 4.90 Å². The normalized spacial score (nSPS) is 19.9. The fourth-order valence-electron chi connectivity index (χ4n) is 4.65.